The average molecular weight is 291 g/mol. The minimum atomic E-state index is 0.0367. The van der Waals surface area contributed by atoms with Crippen molar-refractivity contribution in [1.82, 2.24) is 15.0 Å². The van der Waals surface area contributed by atoms with Crippen molar-refractivity contribution in [3.05, 3.63) is 53.7 Å². The van der Waals surface area contributed by atoms with E-state index in [1.165, 1.54) is 5.56 Å². The van der Waals surface area contributed by atoms with Gasteiger partial charge in [0.05, 0.1) is 11.1 Å². The molecule has 0 spiro atoms. The number of rotatable bonds is 3. The highest BCUT2D eigenvalue weighted by atomic mass is 15.1. The molecule has 5 heteroatoms. The van der Waals surface area contributed by atoms with Gasteiger partial charge in [-0.3, -0.25) is 0 Å². The number of nitrogens with two attached hydrogens (primary N) is 1. The van der Waals surface area contributed by atoms with Gasteiger partial charge in [0.15, 0.2) is 5.65 Å². The molecule has 0 radical (unpaired) electrons. The molecule has 2 aromatic heterocycles. The highest BCUT2D eigenvalue weighted by molar-refractivity contribution is 5.87. The topological polar surface area (TPSA) is 76.7 Å². The van der Waals surface area contributed by atoms with E-state index in [1.807, 2.05) is 19.2 Å². The monoisotopic (exact) mass is 291 g/mol. The standard InChI is InChI=1S/C17H17N5/c1-19-14-12-7-8-13(20-15(12)22-16(18)21-14)17(9-10-17)11-5-3-2-4-6-11/h2-8H,9-10H2,1H3,(H3,18,19,20,21,22). The maximum atomic E-state index is 5.78. The fourth-order valence-electron chi connectivity index (χ4n) is 3.06. The van der Waals surface area contributed by atoms with E-state index in [0.29, 0.717) is 11.5 Å². The number of anilines is 2. The number of hydrogen-bond donors (Lipinski definition) is 2. The Bertz CT molecular complexity index is 840. The van der Waals surface area contributed by atoms with Crippen molar-refractivity contribution >= 4 is 22.8 Å². The van der Waals surface area contributed by atoms with Gasteiger partial charge in [0.1, 0.15) is 5.82 Å². The van der Waals surface area contributed by atoms with Crippen LogP contribution in [0.5, 0.6) is 0 Å². The van der Waals surface area contributed by atoms with Crippen LogP contribution in [-0.2, 0) is 5.41 Å². The van der Waals surface area contributed by atoms with Gasteiger partial charge in [0, 0.05) is 12.5 Å². The molecule has 0 amide bonds. The van der Waals surface area contributed by atoms with Crippen LogP contribution >= 0.6 is 0 Å². The van der Waals surface area contributed by atoms with Gasteiger partial charge in [-0.2, -0.15) is 9.97 Å². The summed E-state index contributed by atoms with van der Waals surface area (Å²) in [5.41, 5.74) is 8.85. The Morgan fingerprint density at radius 1 is 1.00 bits per heavy atom. The Kier molecular flexibility index (Phi) is 2.76. The zero-order valence-electron chi connectivity index (χ0n) is 12.4. The number of nitrogens with one attached hydrogen (secondary N) is 1. The molecule has 3 aromatic rings. The van der Waals surface area contributed by atoms with Crippen molar-refractivity contribution in [2.45, 2.75) is 18.3 Å². The largest absolute Gasteiger partial charge is 0.372 e. The van der Waals surface area contributed by atoms with Crippen LogP contribution in [0.1, 0.15) is 24.1 Å². The fourth-order valence-corrected chi connectivity index (χ4v) is 3.06. The van der Waals surface area contributed by atoms with Crippen LogP contribution in [-0.4, -0.2) is 22.0 Å². The number of aromatic nitrogens is 3. The second kappa shape index (κ2) is 4.66. The molecule has 0 bridgehead atoms. The second-order valence-electron chi connectivity index (χ2n) is 5.70. The molecule has 1 fully saturated rings. The van der Waals surface area contributed by atoms with E-state index in [4.69, 9.17) is 10.7 Å². The zero-order valence-corrected chi connectivity index (χ0v) is 12.4. The normalized spacial score (nSPS) is 15.7. The molecule has 0 aliphatic heterocycles. The predicted octanol–water partition coefficient (Wildman–Crippen LogP) is 2.73. The SMILES string of the molecule is CNc1nc(N)nc2nc(C3(c4ccccc4)CC3)ccc12. The lowest BCUT2D eigenvalue weighted by atomic mass is 9.92. The third kappa shape index (κ3) is 1.89. The third-order valence-electron chi connectivity index (χ3n) is 4.38. The van der Waals surface area contributed by atoms with E-state index < -0.39 is 0 Å². The Hall–Kier alpha value is -2.69. The van der Waals surface area contributed by atoms with Gasteiger partial charge >= 0.3 is 0 Å². The van der Waals surface area contributed by atoms with Gasteiger partial charge in [-0.15, -0.1) is 0 Å². The summed E-state index contributed by atoms with van der Waals surface area (Å²) in [6.07, 6.45) is 2.24. The summed E-state index contributed by atoms with van der Waals surface area (Å²) in [5.74, 6) is 0.956. The number of hydrogen-bond acceptors (Lipinski definition) is 5. The third-order valence-corrected chi connectivity index (χ3v) is 4.38. The molecule has 2 heterocycles. The van der Waals surface area contributed by atoms with Gasteiger partial charge in [0.25, 0.3) is 0 Å². The highest BCUT2D eigenvalue weighted by Gasteiger charge is 2.47. The number of nitrogen functional groups attached to an aromatic ring is 1. The van der Waals surface area contributed by atoms with E-state index in [-0.39, 0.29) is 11.4 Å². The van der Waals surface area contributed by atoms with Gasteiger partial charge in [-0.25, -0.2) is 4.98 Å². The van der Waals surface area contributed by atoms with E-state index in [1.54, 1.807) is 0 Å². The van der Waals surface area contributed by atoms with Crippen molar-refractivity contribution in [2.24, 2.45) is 0 Å². The predicted molar refractivity (Wildman–Crippen MR) is 87.7 cm³/mol. The lowest BCUT2D eigenvalue weighted by Crippen LogP contribution is -2.12. The van der Waals surface area contributed by atoms with Crippen molar-refractivity contribution < 1.29 is 0 Å². The van der Waals surface area contributed by atoms with Crippen LogP contribution in [0.3, 0.4) is 0 Å². The summed E-state index contributed by atoms with van der Waals surface area (Å²) >= 11 is 0. The number of pyridine rings is 1. The van der Waals surface area contributed by atoms with Crippen LogP contribution < -0.4 is 11.1 Å². The first-order chi connectivity index (χ1) is 10.7. The molecule has 1 aliphatic carbocycles. The zero-order chi connectivity index (χ0) is 15.2. The summed E-state index contributed by atoms with van der Waals surface area (Å²) in [7, 11) is 1.82. The van der Waals surface area contributed by atoms with Gasteiger partial charge in [-0.05, 0) is 30.5 Å². The van der Waals surface area contributed by atoms with Crippen LogP contribution in [0.15, 0.2) is 42.5 Å². The van der Waals surface area contributed by atoms with Crippen LogP contribution in [0, 0.1) is 0 Å². The van der Waals surface area contributed by atoms with Crippen molar-refractivity contribution in [2.75, 3.05) is 18.1 Å². The minimum Gasteiger partial charge on any atom is -0.372 e. The molecule has 1 aliphatic rings. The van der Waals surface area contributed by atoms with Crippen molar-refractivity contribution in [3.63, 3.8) is 0 Å². The van der Waals surface area contributed by atoms with Gasteiger partial charge in [-0.1, -0.05) is 30.3 Å². The molecular weight excluding hydrogens is 274 g/mol. The first-order valence-corrected chi connectivity index (χ1v) is 7.41. The van der Waals surface area contributed by atoms with Crippen LogP contribution in [0.4, 0.5) is 11.8 Å². The molecule has 110 valence electrons. The van der Waals surface area contributed by atoms with Crippen LogP contribution in [0.2, 0.25) is 0 Å². The van der Waals surface area contributed by atoms with Gasteiger partial charge < -0.3 is 11.1 Å². The second-order valence-corrected chi connectivity index (χ2v) is 5.70. The quantitative estimate of drug-likeness (QED) is 0.776. The summed E-state index contributed by atoms with van der Waals surface area (Å²) < 4.78 is 0. The molecule has 1 saturated carbocycles. The molecule has 0 unspecified atom stereocenters. The first-order valence-electron chi connectivity index (χ1n) is 7.41. The van der Waals surface area contributed by atoms with Crippen molar-refractivity contribution in [3.8, 4) is 0 Å². The summed E-state index contributed by atoms with van der Waals surface area (Å²) in [5, 5.41) is 3.94. The van der Waals surface area contributed by atoms with E-state index in [2.05, 4.69) is 45.6 Å². The smallest absolute Gasteiger partial charge is 0.224 e. The molecule has 3 N–H and O–H groups in total. The summed E-state index contributed by atoms with van der Waals surface area (Å²) in [6, 6.07) is 14.7. The first kappa shape index (κ1) is 13.0. The number of nitrogens with zero attached hydrogens (tertiary/aromatic N) is 3. The minimum absolute atomic E-state index is 0.0367. The molecule has 1 aromatic carbocycles. The molecule has 0 saturated heterocycles. The van der Waals surface area contributed by atoms with E-state index >= 15 is 0 Å². The average Bonchev–Trinajstić information content (AvgIpc) is 3.36. The molecule has 0 atom stereocenters. The van der Waals surface area contributed by atoms with Gasteiger partial charge in [0.2, 0.25) is 5.95 Å². The fraction of sp³-hybridized carbons (Fsp3) is 0.235. The highest BCUT2D eigenvalue weighted by Crippen LogP contribution is 2.52. The number of fused-ring (bicyclic) bond motifs is 1. The Balaban J connectivity index is 1.87. The van der Waals surface area contributed by atoms with Crippen molar-refractivity contribution in [1.29, 1.82) is 0 Å². The Morgan fingerprint density at radius 3 is 2.45 bits per heavy atom. The molecule has 5 nitrogen and oxygen atoms in total. The van der Waals surface area contributed by atoms with Crippen LogP contribution in [0.25, 0.3) is 11.0 Å². The molecule has 22 heavy (non-hydrogen) atoms. The van der Waals surface area contributed by atoms with E-state index in [0.717, 1.165) is 23.9 Å². The lowest BCUT2D eigenvalue weighted by Gasteiger charge is -2.16. The summed E-state index contributed by atoms with van der Waals surface area (Å²) in [4.78, 5) is 13.3. The lowest BCUT2D eigenvalue weighted by molar-refractivity contribution is 0.808. The Morgan fingerprint density at radius 2 is 1.77 bits per heavy atom. The Labute approximate surface area is 128 Å². The maximum absolute atomic E-state index is 5.78. The summed E-state index contributed by atoms with van der Waals surface area (Å²) in [6.45, 7) is 0. The molecule has 4 rings (SSSR count). The molecular formula is C17H17N5. The maximum Gasteiger partial charge on any atom is 0.224 e. The van der Waals surface area contributed by atoms with E-state index in [9.17, 15) is 0 Å². The number of benzene rings is 1.